The third kappa shape index (κ3) is 18.6. The number of fused-ring (bicyclic) bond motifs is 4. The summed E-state index contributed by atoms with van der Waals surface area (Å²) in [5.41, 5.74) is 20.9. The number of nitrogens with zero attached hydrogens (tertiary/aromatic N) is 18. The number of nitrogens with two attached hydrogens (primary N) is 1. The smallest absolute Gasteiger partial charge is 0.394 e. The molecule has 10 aromatic rings. The van der Waals surface area contributed by atoms with Crippen LogP contribution in [0.1, 0.15) is 113 Å². The highest BCUT2D eigenvalue weighted by molar-refractivity contribution is 6.30. The highest BCUT2D eigenvalue weighted by Gasteiger charge is 2.34. The molecule has 5 N–H and O–H groups in total. The number of aliphatic hydroxyl groups excluding tert-OH is 2. The minimum absolute atomic E-state index is 0.326. The lowest BCUT2D eigenvalue weighted by Gasteiger charge is -2.32. The lowest BCUT2D eigenvalue weighted by atomic mass is 10.0. The number of aliphatic hydroxyl groups is 2. The van der Waals surface area contributed by atoms with Crippen LogP contribution in [0, 0.1) is 59.2 Å². The summed E-state index contributed by atoms with van der Waals surface area (Å²) in [6.45, 7) is 9.16. The van der Waals surface area contributed by atoms with E-state index in [1.54, 1.807) is 12.7 Å². The molecule has 4 aliphatic rings. The Bertz CT molecular complexity index is 4770. The van der Waals surface area contributed by atoms with E-state index in [0.717, 1.165) is 167 Å². The second kappa shape index (κ2) is 34.0. The van der Waals surface area contributed by atoms with Crippen molar-refractivity contribution in [2.24, 2.45) is 5.73 Å². The molecule has 0 saturated carbocycles. The van der Waals surface area contributed by atoms with Gasteiger partial charge in [-0.05, 0) is 96.8 Å². The molecule has 29 heteroatoms. The van der Waals surface area contributed by atoms with Gasteiger partial charge in [0.2, 0.25) is 0 Å². The zero-order valence-corrected chi connectivity index (χ0v) is 56.5. The summed E-state index contributed by atoms with van der Waals surface area (Å²) in [7, 11) is 0. The molecule has 14 rings (SSSR count). The molecule has 6 aromatic heterocycles. The Hall–Kier alpha value is -11.8. The first-order valence-corrected chi connectivity index (χ1v) is 32.7. The molecule has 524 valence electrons. The van der Waals surface area contributed by atoms with Gasteiger partial charge in [-0.2, -0.15) is 47.4 Å². The Balaban J connectivity index is 0.000000143. The number of aryl methyl sites for hydroxylation is 2. The number of para-hydroxylation sites is 2. The summed E-state index contributed by atoms with van der Waals surface area (Å²) < 4.78 is 74.6. The number of nitriles is 4. The molecule has 22 nitrogen and oxygen atoms in total. The maximum Gasteiger partial charge on any atom is 0.433 e. The Morgan fingerprint density at radius 3 is 1.34 bits per heavy atom. The average molecular weight is 1420 g/mol. The third-order valence-electron chi connectivity index (χ3n) is 17.3. The van der Waals surface area contributed by atoms with Gasteiger partial charge in [0.15, 0.2) is 0 Å². The van der Waals surface area contributed by atoms with Crippen molar-refractivity contribution in [1.82, 2.24) is 49.8 Å². The van der Waals surface area contributed by atoms with Gasteiger partial charge in [0.05, 0.1) is 93.1 Å². The number of alkyl halides is 6. The zero-order chi connectivity index (χ0) is 73.2. The van der Waals surface area contributed by atoms with Crippen molar-refractivity contribution < 1.29 is 36.6 Å². The highest BCUT2D eigenvalue weighted by Crippen LogP contribution is 2.35. The predicted octanol–water partition coefficient (Wildman–Crippen LogP) is 11.6. The van der Waals surface area contributed by atoms with Crippen LogP contribution in [0.2, 0.25) is 5.15 Å². The molecule has 0 radical (unpaired) electrons. The van der Waals surface area contributed by atoms with Gasteiger partial charge in [0.1, 0.15) is 71.9 Å². The number of aromatic nitrogens is 10. The normalized spacial score (nSPS) is 14.0. The Morgan fingerprint density at radius 1 is 0.476 bits per heavy atom. The molecular weight excluding hydrogens is 1350 g/mol. The van der Waals surface area contributed by atoms with Crippen molar-refractivity contribution in [2.75, 3.05) is 64.3 Å². The fourth-order valence-corrected chi connectivity index (χ4v) is 12.1. The van der Waals surface area contributed by atoms with Crippen LogP contribution in [0.5, 0.6) is 0 Å². The van der Waals surface area contributed by atoms with Gasteiger partial charge in [-0.3, -0.25) is 9.97 Å². The van der Waals surface area contributed by atoms with Crippen LogP contribution >= 0.6 is 11.6 Å². The first kappa shape index (κ1) is 73.9. The van der Waals surface area contributed by atoms with Crippen molar-refractivity contribution in [2.45, 2.75) is 90.1 Å². The second-order valence-electron chi connectivity index (χ2n) is 24.1. The van der Waals surface area contributed by atoms with Gasteiger partial charge in [0, 0.05) is 125 Å². The molecule has 0 fully saturated rings. The topological polar surface area (TPSA) is 316 Å². The molecule has 0 bridgehead atoms. The van der Waals surface area contributed by atoms with E-state index in [1.807, 2.05) is 111 Å². The number of halogens is 7. The molecule has 0 aliphatic carbocycles. The lowest BCUT2D eigenvalue weighted by Crippen LogP contribution is -2.33. The predicted molar refractivity (Wildman–Crippen MR) is 372 cm³/mol. The summed E-state index contributed by atoms with van der Waals surface area (Å²) in [5.74, 6) is 0.481. The van der Waals surface area contributed by atoms with Crippen LogP contribution in [0.3, 0.4) is 0 Å². The number of hydrogen-bond donors (Lipinski definition) is 4. The van der Waals surface area contributed by atoms with Crippen LogP contribution in [0.15, 0.2) is 159 Å². The van der Waals surface area contributed by atoms with E-state index in [-0.39, 0.29) is 13.2 Å². The van der Waals surface area contributed by atoms with Gasteiger partial charge in [-0.25, -0.2) is 39.9 Å². The molecule has 0 saturated heterocycles. The number of rotatable bonds is 10. The summed E-state index contributed by atoms with van der Waals surface area (Å²) in [5, 5.41) is 59.3. The van der Waals surface area contributed by atoms with Crippen molar-refractivity contribution in [3.8, 4) is 24.3 Å². The maximum atomic E-state index is 12.8. The lowest BCUT2D eigenvalue weighted by molar-refractivity contribution is -0.142. The highest BCUT2D eigenvalue weighted by atomic mass is 35.5. The van der Waals surface area contributed by atoms with E-state index in [4.69, 9.17) is 27.7 Å². The van der Waals surface area contributed by atoms with Crippen LogP contribution < -0.4 is 30.7 Å². The quantitative estimate of drug-likeness (QED) is 0.0730. The summed E-state index contributed by atoms with van der Waals surface area (Å²) in [6.07, 6.45) is 6.24. The zero-order valence-electron chi connectivity index (χ0n) is 55.7. The number of benzene rings is 4. The van der Waals surface area contributed by atoms with Crippen LogP contribution in [0.4, 0.5) is 54.9 Å². The molecule has 4 aliphatic heterocycles. The van der Waals surface area contributed by atoms with Gasteiger partial charge in [0.25, 0.3) is 0 Å². The summed E-state index contributed by atoms with van der Waals surface area (Å²) in [6, 6.07) is 38.8. The van der Waals surface area contributed by atoms with E-state index >= 15 is 0 Å². The van der Waals surface area contributed by atoms with E-state index in [9.17, 15) is 47.2 Å². The molecule has 0 spiro atoms. The Morgan fingerprint density at radius 2 is 0.893 bits per heavy atom. The monoisotopic (exact) mass is 1420 g/mol. The summed E-state index contributed by atoms with van der Waals surface area (Å²) in [4.78, 5) is 49.1. The molecule has 10 heterocycles. The summed E-state index contributed by atoms with van der Waals surface area (Å²) >= 11 is 6.13. The van der Waals surface area contributed by atoms with E-state index < -0.39 is 35.8 Å². The molecular formula is C74H67ClF6N20O2. The number of hydrogen-bond acceptors (Lipinski definition) is 22. The fourth-order valence-electron chi connectivity index (χ4n) is 11.9. The molecule has 2 atom stereocenters. The third-order valence-corrected chi connectivity index (χ3v) is 17.6. The second-order valence-corrected chi connectivity index (χ2v) is 24.4. The van der Waals surface area contributed by atoms with Crippen LogP contribution in [-0.2, 0) is 64.2 Å². The van der Waals surface area contributed by atoms with Crippen LogP contribution in [0.25, 0.3) is 0 Å². The SMILES string of the molecule is Cc1ccc(N2CCc3ncnc(N[C@H](CO)c4ccc(C(F)(F)F)nc4)c3C2)c(C#N)c1.Cc1ccc(N2CCc3ncncc3C2)c(C#N)c1.N#Cc1ccccc1N1CCc2ncnc(Cl)c2C1.N#Cc1ccccc1N1CCc2ncncc2C1.N[C@H](CO)c1ccc(C(F)(F)F)nc1. The molecule has 103 heavy (non-hydrogen) atoms. The van der Waals surface area contributed by atoms with Gasteiger partial charge >= 0.3 is 12.4 Å². The maximum absolute atomic E-state index is 12.8. The van der Waals surface area contributed by atoms with E-state index in [1.165, 1.54) is 24.8 Å². The number of anilines is 5. The minimum atomic E-state index is -4.53. The molecule has 0 amide bonds. The van der Waals surface area contributed by atoms with Crippen molar-refractivity contribution in [3.05, 3.63) is 265 Å². The van der Waals surface area contributed by atoms with Crippen molar-refractivity contribution in [1.29, 1.82) is 21.0 Å². The van der Waals surface area contributed by atoms with Crippen molar-refractivity contribution >= 4 is 40.2 Å². The molecule has 4 aromatic carbocycles. The minimum Gasteiger partial charge on any atom is -0.394 e. The van der Waals surface area contributed by atoms with E-state index in [2.05, 4.69) is 99.0 Å². The Labute approximate surface area is 594 Å². The van der Waals surface area contributed by atoms with E-state index in [0.29, 0.717) is 59.3 Å². The van der Waals surface area contributed by atoms with Crippen LogP contribution in [-0.4, -0.2) is 99.4 Å². The largest absolute Gasteiger partial charge is 0.433 e. The van der Waals surface area contributed by atoms with Gasteiger partial charge in [-0.15, -0.1) is 0 Å². The fraction of sp³-hybridized carbons (Fsp3) is 0.270. The number of nitrogens with one attached hydrogen (secondary N) is 1. The first-order chi connectivity index (χ1) is 49.7. The van der Waals surface area contributed by atoms with Crippen molar-refractivity contribution in [3.63, 3.8) is 0 Å². The van der Waals surface area contributed by atoms with Gasteiger partial charge < -0.3 is 40.9 Å². The Kier molecular flexibility index (Phi) is 24.4. The molecule has 0 unspecified atom stereocenters. The first-order valence-electron chi connectivity index (χ1n) is 32.4. The standard InChI is InChI=1S/C23H21F3N6O.C15H14N4.C14H11ClN4.C14H12N4.C8H9F3N2O/c1-14-2-4-20(16(8-14)9-27)32-7-6-18-17(11-32)22(30-13-29-18)31-19(12-33)15-3-5-21(28-10-15)23(24,25)26;1-11-2-3-15(12(6-11)7-16)19-5-4-14-13(9-19)8-17-10-18-14;15-14-11-8-19(6-5-12(11)17-9-18-14)13-4-2-1-3-10(13)7-16;15-7-11-3-1-2-4-14(11)18-6-5-13-12(9-18)8-16-10-17-13;9-8(10,11)7-2-1-5(3-13-7)6(12)4-14/h2-5,8,10,13,19,33H,6-7,11-12H2,1H3,(H,29,30,31);2-3,6,8,10H,4-5,9H2,1H3;1-4,9H,5-6,8H2;1-4,8,10H,5-6,9H2;1-3,6,14H,4,12H2/t19-;;;;6-/m1...1/s1. The number of pyridine rings is 2. The van der Waals surface area contributed by atoms with Gasteiger partial charge in [-0.1, -0.05) is 60.1 Å². The average Bonchev–Trinajstić information content (AvgIpc) is 0.808.